The fourth-order valence-corrected chi connectivity index (χ4v) is 7.32. The molecule has 2 atom stereocenters. The van der Waals surface area contributed by atoms with Crippen LogP contribution in [-0.2, 0) is 29.1 Å². The van der Waals surface area contributed by atoms with Gasteiger partial charge in [-0.3, -0.25) is 19.6 Å². The number of carbonyl (C=O) groups excluding carboxylic acids is 3. The fraction of sp³-hybridized carbons (Fsp3) is 0.258. The number of fused-ring (bicyclic) bond motifs is 3. The number of nitrogen functional groups attached to an aromatic ring is 1. The van der Waals surface area contributed by atoms with Gasteiger partial charge in [0.15, 0.2) is 10.7 Å². The molecule has 4 N–H and O–H groups in total. The molecule has 3 aromatic carbocycles. The normalized spacial score (nSPS) is 18.4. The molecule has 0 spiro atoms. The second-order valence-corrected chi connectivity index (χ2v) is 13.3. The minimum Gasteiger partial charge on any atom is -0.408 e. The number of rotatable bonds is 7. The van der Waals surface area contributed by atoms with Gasteiger partial charge in [-0.2, -0.15) is 5.01 Å². The van der Waals surface area contributed by atoms with Gasteiger partial charge in [0.05, 0.1) is 38.9 Å². The van der Waals surface area contributed by atoms with Gasteiger partial charge in [-0.05, 0) is 47.0 Å². The summed E-state index contributed by atoms with van der Waals surface area (Å²) in [5.41, 5.74) is 9.89. The van der Waals surface area contributed by atoms with Crippen molar-refractivity contribution in [2.45, 2.75) is 31.7 Å². The predicted octanol–water partition coefficient (Wildman–Crippen LogP) is 3.80. The number of aromatic amines is 1. The number of hydrogen-bond donors (Lipinski definition) is 3. The third-order valence-corrected chi connectivity index (χ3v) is 10.1. The van der Waals surface area contributed by atoms with Crippen LogP contribution < -0.4 is 16.8 Å². The number of H-pyrrole nitrogens is 1. The van der Waals surface area contributed by atoms with Crippen molar-refractivity contribution in [1.82, 2.24) is 35.1 Å². The molecule has 0 radical (unpaired) electrons. The predicted molar refractivity (Wildman–Crippen MR) is 178 cm³/mol. The van der Waals surface area contributed by atoms with E-state index in [0.717, 1.165) is 21.4 Å². The number of aromatic nitrogens is 2. The molecule has 0 aliphatic carbocycles. The zero-order chi connectivity index (χ0) is 33.0. The number of piperazine rings is 1. The Hall–Kier alpha value is -4.63. The Labute approximate surface area is 281 Å². The summed E-state index contributed by atoms with van der Waals surface area (Å²) in [6.45, 7) is 0.452. The van der Waals surface area contributed by atoms with Gasteiger partial charge < -0.3 is 25.3 Å². The van der Waals surface area contributed by atoms with Crippen molar-refractivity contribution in [3.8, 4) is 0 Å². The Bertz CT molecular complexity index is 2110. The summed E-state index contributed by atoms with van der Waals surface area (Å²) in [5, 5.41) is 7.11. The molecular formula is C31H28Cl2N8O5S. The van der Waals surface area contributed by atoms with Crippen LogP contribution in [0.2, 0.25) is 10.0 Å². The molecule has 4 heterocycles. The van der Waals surface area contributed by atoms with Gasteiger partial charge in [-0.1, -0.05) is 58.8 Å². The molecule has 2 aromatic heterocycles. The first-order valence-corrected chi connectivity index (χ1v) is 16.2. The van der Waals surface area contributed by atoms with Crippen LogP contribution in [0.5, 0.6) is 0 Å². The molecule has 0 bridgehead atoms. The number of halogens is 2. The number of amides is 4. The third kappa shape index (κ3) is 5.89. The summed E-state index contributed by atoms with van der Waals surface area (Å²) < 4.78 is 6.04. The smallest absolute Gasteiger partial charge is 0.408 e. The minimum absolute atomic E-state index is 0.106. The Balaban J connectivity index is 1.18. The first-order chi connectivity index (χ1) is 22.5. The molecule has 5 aromatic rings. The van der Waals surface area contributed by atoms with E-state index in [-0.39, 0.29) is 44.4 Å². The third-order valence-electron chi connectivity index (χ3n) is 8.47. The van der Waals surface area contributed by atoms with Crippen molar-refractivity contribution < 1.29 is 18.8 Å². The van der Waals surface area contributed by atoms with Crippen molar-refractivity contribution in [3.63, 3.8) is 0 Å². The van der Waals surface area contributed by atoms with Gasteiger partial charge in [-0.25, -0.2) is 14.6 Å². The maximum Gasteiger partial charge on any atom is 0.417 e. The van der Waals surface area contributed by atoms with Crippen LogP contribution in [0.3, 0.4) is 0 Å². The number of anilines is 1. The van der Waals surface area contributed by atoms with Crippen LogP contribution in [0.15, 0.2) is 63.8 Å². The Morgan fingerprint density at radius 3 is 2.74 bits per heavy atom. The average molecular weight is 696 g/mol. The second kappa shape index (κ2) is 12.2. The lowest BCUT2D eigenvalue weighted by Crippen LogP contribution is -2.65. The van der Waals surface area contributed by atoms with Crippen molar-refractivity contribution in [3.05, 3.63) is 91.9 Å². The van der Waals surface area contributed by atoms with Crippen LogP contribution in [0.4, 0.5) is 9.93 Å². The zero-order valence-corrected chi connectivity index (χ0v) is 27.2. The first-order valence-electron chi connectivity index (χ1n) is 14.6. The van der Waals surface area contributed by atoms with Crippen LogP contribution in [0.1, 0.15) is 16.7 Å². The molecule has 0 unspecified atom stereocenters. The van der Waals surface area contributed by atoms with E-state index in [4.69, 9.17) is 33.4 Å². The number of para-hydroxylation sites is 1. The number of nitrogens with one attached hydrogen (secondary N) is 2. The highest BCUT2D eigenvalue weighted by atomic mass is 35.5. The van der Waals surface area contributed by atoms with Crippen molar-refractivity contribution in [2.75, 3.05) is 25.9 Å². The summed E-state index contributed by atoms with van der Waals surface area (Å²) in [4.78, 5) is 63.4. The van der Waals surface area contributed by atoms with Crippen LogP contribution in [0.25, 0.3) is 21.3 Å². The monoisotopic (exact) mass is 694 g/mol. The average Bonchev–Trinajstić information content (AvgIpc) is 3.72. The molecule has 13 nitrogen and oxygen atoms in total. The van der Waals surface area contributed by atoms with Gasteiger partial charge >= 0.3 is 11.8 Å². The number of carbonyl (C=O) groups is 3. The largest absolute Gasteiger partial charge is 0.417 e. The summed E-state index contributed by atoms with van der Waals surface area (Å²) >= 11 is 13.5. The van der Waals surface area contributed by atoms with E-state index in [0.29, 0.717) is 31.8 Å². The summed E-state index contributed by atoms with van der Waals surface area (Å²) in [5.74, 6) is -1.12. The van der Waals surface area contributed by atoms with Gasteiger partial charge in [0, 0.05) is 26.6 Å². The molecule has 4 amide bonds. The lowest BCUT2D eigenvalue weighted by molar-refractivity contribution is -0.157. The number of thiazole rings is 1. The molecule has 16 heteroatoms. The van der Waals surface area contributed by atoms with E-state index in [2.05, 4.69) is 15.3 Å². The van der Waals surface area contributed by atoms with Crippen LogP contribution in [0, 0.1) is 0 Å². The van der Waals surface area contributed by atoms with E-state index < -0.39 is 24.0 Å². The van der Waals surface area contributed by atoms with E-state index in [1.807, 2.05) is 18.2 Å². The topological polar surface area (TPSA) is 161 Å². The zero-order valence-electron chi connectivity index (χ0n) is 24.9. The maximum atomic E-state index is 14.2. The molecule has 47 heavy (non-hydrogen) atoms. The molecule has 0 saturated carbocycles. The lowest BCUT2D eigenvalue weighted by atomic mass is 9.99. The standard InChI is InChI=1S/C31H28Cl2N8O5S/c1-38(30(44)35-12-17-5-7-19(32)20(33)9-17)40-15-26(42)41-22(11-16-6-8-23-21(10-16)36-31(45)46-23)28(43)39(14-25(40)41)13-18-3-2-4-24-27(18)37-29(34)47-24/h2-10,22,25H,11-15H2,1H3,(H2,34,37)(H,35,44)(H,36,45)/t22-,25+/m0/s1. The van der Waals surface area contributed by atoms with Gasteiger partial charge in [0.1, 0.15) is 12.2 Å². The van der Waals surface area contributed by atoms with Crippen LogP contribution in [-0.4, -0.2) is 80.0 Å². The maximum absolute atomic E-state index is 14.2. The van der Waals surface area contributed by atoms with E-state index in [9.17, 15) is 19.2 Å². The van der Waals surface area contributed by atoms with E-state index in [1.165, 1.54) is 16.3 Å². The first kappa shape index (κ1) is 31.0. The number of urea groups is 1. The fourth-order valence-electron chi connectivity index (χ4n) is 6.21. The Kier molecular flexibility index (Phi) is 8.04. The number of oxazole rings is 1. The van der Waals surface area contributed by atoms with E-state index >= 15 is 0 Å². The molecule has 2 saturated heterocycles. The highest BCUT2D eigenvalue weighted by Crippen LogP contribution is 2.32. The van der Waals surface area contributed by atoms with Crippen molar-refractivity contribution >= 4 is 78.8 Å². The number of benzene rings is 3. The Morgan fingerprint density at radius 1 is 1.13 bits per heavy atom. The van der Waals surface area contributed by atoms with E-state index in [1.54, 1.807) is 58.3 Å². The number of hydrogen-bond acceptors (Lipinski definition) is 9. The number of nitrogens with zero attached hydrogens (tertiary/aromatic N) is 5. The second-order valence-electron chi connectivity index (χ2n) is 11.4. The van der Waals surface area contributed by atoms with Crippen molar-refractivity contribution in [1.29, 1.82) is 0 Å². The number of nitrogens with two attached hydrogens (primary N) is 1. The molecule has 7 rings (SSSR count). The molecule has 2 aliphatic rings. The quantitative estimate of drug-likeness (QED) is 0.232. The van der Waals surface area contributed by atoms with Gasteiger partial charge in [0.2, 0.25) is 11.8 Å². The lowest BCUT2D eigenvalue weighted by Gasteiger charge is -2.45. The summed E-state index contributed by atoms with van der Waals surface area (Å²) in [6.07, 6.45) is -0.460. The highest BCUT2D eigenvalue weighted by Gasteiger charge is 2.51. The summed E-state index contributed by atoms with van der Waals surface area (Å²) in [7, 11) is 1.58. The summed E-state index contributed by atoms with van der Waals surface area (Å²) in [6, 6.07) is 14.6. The molecular weight excluding hydrogens is 667 g/mol. The van der Waals surface area contributed by atoms with Gasteiger partial charge in [-0.15, -0.1) is 0 Å². The molecule has 2 aliphatic heterocycles. The SMILES string of the molecule is CN(C(=O)NCc1ccc(Cl)c(Cl)c1)N1CC(=O)N2[C@@H](Cc3ccc4oc(=O)[nH]c4c3)C(=O)N(Cc3cccc4sc(N)nc34)C[C@@H]21. The molecule has 242 valence electrons. The minimum atomic E-state index is -0.880. The van der Waals surface area contributed by atoms with Crippen LogP contribution >= 0.6 is 34.5 Å². The van der Waals surface area contributed by atoms with Crippen molar-refractivity contribution in [2.24, 2.45) is 0 Å². The Morgan fingerprint density at radius 2 is 1.94 bits per heavy atom. The number of hydrazine groups is 1. The molecule has 2 fully saturated rings. The van der Waals surface area contributed by atoms with Gasteiger partial charge in [0.25, 0.3) is 0 Å². The highest BCUT2D eigenvalue weighted by molar-refractivity contribution is 7.22.